The minimum atomic E-state index is -0.257. The third-order valence-corrected chi connectivity index (χ3v) is 4.53. The molecule has 1 heterocycles. The smallest absolute Gasteiger partial charge is 0.233 e. The van der Waals surface area contributed by atoms with Gasteiger partial charge in [0.1, 0.15) is 0 Å². The van der Waals surface area contributed by atoms with Gasteiger partial charge in [-0.3, -0.25) is 14.5 Å². The van der Waals surface area contributed by atoms with Crippen LogP contribution in [0.1, 0.15) is 67.2 Å². The van der Waals surface area contributed by atoms with E-state index < -0.39 is 0 Å². The van der Waals surface area contributed by atoms with Gasteiger partial charge in [-0.05, 0) is 31.6 Å². The summed E-state index contributed by atoms with van der Waals surface area (Å²) in [7, 11) is 0. The van der Waals surface area contributed by atoms with Crippen LogP contribution in [0.5, 0.6) is 0 Å². The summed E-state index contributed by atoms with van der Waals surface area (Å²) in [6.45, 7) is 13.1. The second-order valence-electron chi connectivity index (χ2n) is 7.14. The third kappa shape index (κ3) is 4.42. The first-order valence-electron chi connectivity index (χ1n) is 8.25. The molecule has 0 aromatic carbocycles. The van der Waals surface area contributed by atoms with Crippen LogP contribution in [-0.2, 0) is 9.59 Å². The lowest BCUT2D eigenvalue weighted by molar-refractivity contribution is -0.139. The Hall–Kier alpha value is -1.12. The number of nitrogens with zero attached hydrogens (tertiary/aromatic N) is 1. The number of hydrogen-bond acceptors (Lipinski definition) is 2. The molecular weight excluding hydrogens is 262 g/mol. The molecule has 0 aromatic rings. The third-order valence-electron chi connectivity index (χ3n) is 4.53. The summed E-state index contributed by atoms with van der Waals surface area (Å²) in [4.78, 5) is 25.7. The fraction of sp³-hybridized carbons (Fsp3) is 0.778. The maximum atomic E-state index is 12.4. The molecule has 1 rings (SSSR count). The van der Waals surface area contributed by atoms with E-state index in [-0.39, 0.29) is 23.1 Å². The van der Waals surface area contributed by atoms with Crippen molar-refractivity contribution in [1.29, 1.82) is 0 Å². The molecule has 1 aliphatic heterocycles. The lowest BCUT2D eigenvalue weighted by Crippen LogP contribution is -2.34. The zero-order valence-corrected chi connectivity index (χ0v) is 14.5. The summed E-state index contributed by atoms with van der Waals surface area (Å²) in [6.07, 6.45) is 6.08. The number of carbonyl (C=O) groups excluding carboxylic acids is 2. The van der Waals surface area contributed by atoms with Crippen LogP contribution in [-0.4, -0.2) is 23.3 Å². The average molecular weight is 293 g/mol. The van der Waals surface area contributed by atoms with E-state index in [1.54, 1.807) is 0 Å². The Morgan fingerprint density at radius 3 is 2.48 bits per heavy atom. The second-order valence-corrected chi connectivity index (χ2v) is 7.14. The van der Waals surface area contributed by atoms with Crippen molar-refractivity contribution in [2.45, 2.75) is 67.2 Å². The first-order valence-corrected chi connectivity index (χ1v) is 8.25. The minimum absolute atomic E-state index is 0.00171. The van der Waals surface area contributed by atoms with Gasteiger partial charge in [0.15, 0.2) is 0 Å². The van der Waals surface area contributed by atoms with Gasteiger partial charge in [0.25, 0.3) is 0 Å². The van der Waals surface area contributed by atoms with Gasteiger partial charge < -0.3 is 0 Å². The van der Waals surface area contributed by atoms with Crippen LogP contribution in [0.25, 0.3) is 0 Å². The van der Waals surface area contributed by atoms with Crippen molar-refractivity contribution in [2.24, 2.45) is 17.3 Å². The van der Waals surface area contributed by atoms with Gasteiger partial charge in [0, 0.05) is 13.0 Å². The van der Waals surface area contributed by atoms with Crippen LogP contribution in [0.15, 0.2) is 11.6 Å². The molecule has 0 bridgehead atoms. The number of imide groups is 1. The molecule has 0 radical (unpaired) electrons. The highest BCUT2D eigenvalue weighted by Crippen LogP contribution is 2.38. The lowest BCUT2D eigenvalue weighted by Gasteiger charge is -2.28. The van der Waals surface area contributed by atoms with Gasteiger partial charge in [-0.1, -0.05) is 52.2 Å². The Balaban J connectivity index is 2.81. The van der Waals surface area contributed by atoms with E-state index in [4.69, 9.17) is 0 Å². The monoisotopic (exact) mass is 293 g/mol. The van der Waals surface area contributed by atoms with E-state index in [2.05, 4.69) is 40.7 Å². The van der Waals surface area contributed by atoms with E-state index in [0.717, 1.165) is 6.42 Å². The van der Waals surface area contributed by atoms with Crippen LogP contribution in [0.3, 0.4) is 0 Å². The highest BCUT2D eigenvalue weighted by Gasteiger charge is 2.45. The summed E-state index contributed by atoms with van der Waals surface area (Å²) in [5.41, 5.74) is 1.07. The topological polar surface area (TPSA) is 37.4 Å². The van der Waals surface area contributed by atoms with Gasteiger partial charge in [-0.2, -0.15) is 0 Å². The molecule has 21 heavy (non-hydrogen) atoms. The van der Waals surface area contributed by atoms with Crippen LogP contribution in [0, 0.1) is 17.3 Å². The van der Waals surface area contributed by atoms with E-state index in [0.29, 0.717) is 18.9 Å². The molecule has 2 amide bonds. The van der Waals surface area contributed by atoms with Gasteiger partial charge in [0.2, 0.25) is 11.8 Å². The largest absolute Gasteiger partial charge is 0.283 e. The number of hydrogen-bond donors (Lipinski definition) is 0. The second kappa shape index (κ2) is 7.24. The van der Waals surface area contributed by atoms with Crippen molar-refractivity contribution < 1.29 is 9.59 Å². The number of carbonyl (C=O) groups is 2. The number of amides is 2. The van der Waals surface area contributed by atoms with Crippen LogP contribution >= 0.6 is 0 Å². The van der Waals surface area contributed by atoms with Crippen molar-refractivity contribution in [2.75, 3.05) is 6.54 Å². The molecule has 2 atom stereocenters. The van der Waals surface area contributed by atoms with Gasteiger partial charge in [-0.25, -0.2) is 0 Å². The van der Waals surface area contributed by atoms with Crippen LogP contribution in [0.2, 0.25) is 0 Å². The summed E-state index contributed by atoms with van der Waals surface area (Å²) in [5, 5.41) is 0. The molecule has 0 aliphatic carbocycles. The predicted molar refractivity (Wildman–Crippen MR) is 86.7 cm³/mol. The van der Waals surface area contributed by atoms with Crippen molar-refractivity contribution in [1.82, 2.24) is 4.90 Å². The fourth-order valence-electron chi connectivity index (χ4n) is 3.54. The van der Waals surface area contributed by atoms with Crippen molar-refractivity contribution >= 4 is 11.8 Å². The molecule has 0 aromatic heterocycles. The minimum Gasteiger partial charge on any atom is -0.283 e. The highest BCUT2D eigenvalue weighted by molar-refractivity contribution is 6.04. The zero-order valence-electron chi connectivity index (χ0n) is 14.5. The molecule has 0 N–H and O–H groups in total. The molecule has 1 aliphatic rings. The molecule has 1 saturated heterocycles. The quantitative estimate of drug-likeness (QED) is 0.521. The van der Waals surface area contributed by atoms with E-state index in [1.165, 1.54) is 23.3 Å². The number of likely N-dealkylation sites (tertiary alicyclic amines) is 1. The molecule has 0 unspecified atom stereocenters. The summed E-state index contributed by atoms with van der Waals surface area (Å²) in [5.74, 6) is 0.445. The van der Waals surface area contributed by atoms with E-state index >= 15 is 0 Å². The number of rotatable bonds is 7. The van der Waals surface area contributed by atoms with E-state index in [9.17, 15) is 9.59 Å². The summed E-state index contributed by atoms with van der Waals surface area (Å²) in [6, 6.07) is 0. The molecule has 0 spiro atoms. The molecule has 0 saturated carbocycles. The Morgan fingerprint density at radius 1 is 1.38 bits per heavy atom. The number of allylic oxidation sites excluding steroid dienone is 2. The van der Waals surface area contributed by atoms with Crippen LogP contribution in [0.4, 0.5) is 0 Å². The van der Waals surface area contributed by atoms with E-state index in [1.807, 2.05) is 6.92 Å². The lowest BCUT2D eigenvalue weighted by atomic mass is 9.76. The molecule has 1 fully saturated rings. The SMILES string of the molecule is CCC[C@H](C)C/C(C)=C/C(C)(C)[C@@H]1CC(=O)N(CC)C1=O. The first kappa shape index (κ1) is 17.9. The normalized spacial score (nSPS) is 22.1. The Morgan fingerprint density at radius 2 is 2.00 bits per heavy atom. The summed E-state index contributed by atoms with van der Waals surface area (Å²) >= 11 is 0. The molecule has 3 nitrogen and oxygen atoms in total. The first-order chi connectivity index (χ1) is 9.72. The Labute approximate surface area is 129 Å². The van der Waals surface area contributed by atoms with Gasteiger partial charge in [-0.15, -0.1) is 0 Å². The molecule has 120 valence electrons. The maximum absolute atomic E-state index is 12.4. The van der Waals surface area contributed by atoms with Gasteiger partial charge in [0.05, 0.1) is 5.92 Å². The zero-order chi connectivity index (χ0) is 16.2. The maximum Gasteiger partial charge on any atom is 0.233 e. The standard InChI is InChI=1S/C18H31NO2/c1-7-9-13(3)10-14(4)12-18(5,6)15-11-16(20)19(8-2)17(15)21/h12-13,15H,7-11H2,1-6H3/b14-12+/t13-,15+/m0/s1. The van der Waals surface area contributed by atoms with Crippen molar-refractivity contribution in [3.63, 3.8) is 0 Å². The Bertz CT molecular complexity index is 423. The van der Waals surface area contributed by atoms with Crippen molar-refractivity contribution in [3.8, 4) is 0 Å². The Kier molecular flexibility index (Phi) is 6.18. The van der Waals surface area contributed by atoms with Crippen LogP contribution < -0.4 is 0 Å². The van der Waals surface area contributed by atoms with Crippen molar-refractivity contribution in [3.05, 3.63) is 11.6 Å². The average Bonchev–Trinajstić information content (AvgIpc) is 2.64. The van der Waals surface area contributed by atoms with Gasteiger partial charge >= 0.3 is 0 Å². The predicted octanol–water partition coefficient (Wildman–Crippen LogP) is 4.18. The highest BCUT2D eigenvalue weighted by atomic mass is 16.2. The molecule has 3 heteroatoms. The summed E-state index contributed by atoms with van der Waals surface area (Å²) < 4.78 is 0. The fourth-order valence-corrected chi connectivity index (χ4v) is 3.54. The molecular formula is C18H31NO2.